The Balaban J connectivity index is 3.83. The molecule has 0 amide bonds. The van der Waals surface area contributed by atoms with E-state index in [0.29, 0.717) is 10.9 Å². The first-order valence-corrected chi connectivity index (χ1v) is 5.67. The Kier molecular flexibility index (Phi) is 6.73. The molecule has 0 bridgehead atoms. The van der Waals surface area contributed by atoms with Crippen LogP contribution in [0.3, 0.4) is 0 Å². The van der Waals surface area contributed by atoms with Crippen LogP contribution < -0.4 is 0 Å². The van der Waals surface area contributed by atoms with Crippen LogP contribution in [0.4, 0.5) is 0 Å². The van der Waals surface area contributed by atoms with Crippen molar-refractivity contribution in [2.45, 2.75) is 57.8 Å². The molecule has 0 saturated heterocycles. The summed E-state index contributed by atoms with van der Waals surface area (Å²) in [6, 6.07) is 0.423. The van der Waals surface area contributed by atoms with E-state index in [9.17, 15) is 0 Å². The minimum absolute atomic E-state index is 0.423. The molecule has 0 aromatic rings. The third-order valence-corrected chi connectivity index (χ3v) is 2.85. The highest BCUT2D eigenvalue weighted by Gasteiger charge is 2.06. The zero-order valence-corrected chi connectivity index (χ0v) is 10.2. The fraction of sp³-hybridized carbons (Fsp3) is 0.900. The fourth-order valence-electron chi connectivity index (χ4n) is 1.08. The molecule has 0 spiro atoms. The number of rotatable bonds is 5. The average Bonchev–Trinajstić information content (AvgIpc) is 1.98. The minimum atomic E-state index is 0.423. The van der Waals surface area contributed by atoms with Gasteiger partial charge in [-0.2, -0.15) is 0 Å². The smallest absolute Gasteiger partial charge is 0.0521 e. The van der Waals surface area contributed by atoms with Gasteiger partial charge in [0.1, 0.15) is 0 Å². The Bertz CT molecular complexity index is 141. The van der Waals surface area contributed by atoms with E-state index >= 15 is 0 Å². The molecule has 0 aliphatic rings. The molecule has 0 aliphatic heterocycles. The van der Waals surface area contributed by atoms with E-state index in [2.05, 4.69) is 48.6 Å². The molecule has 0 N–H and O–H groups in total. The first-order valence-electron chi connectivity index (χ1n) is 4.76. The highest BCUT2D eigenvalue weighted by atomic mass is 79.9. The van der Waals surface area contributed by atoms with Crippen LogP contribution in [0.5, 0.6) is 0 Å². The van der Waals surface area contributed by atoms with E-state index in [4.69, 9.17) is 0 Å². The SMILES string of the molecule is CCCCC(Br)C(C)=NC(C)C. The van der Waals surface area contributed by atoms with Gasteiger partial charge in [0.15, 0.2) is 0 Å². The van der Waals surface area contributed by atoms with Gasteiger partial charge in [0, 0.05) is 11.8 Å². The van der Waals surface area contributed by atoms with Gasteiger partial charge in [-0.05, 0) is 27.2 Å². The monoisotopic (exact) mass is 233 g/mol. The first-order chi connectivity index (χ1) is 5.57. The molecule has 1 nitrogen and oxygen atoms in total. The molecule has 1 unspecified atom stereocenters. The maximum Gasteiger partial charge on any atom is 0.0521 e. The number of aliphatic imine (C=N–C) groups is 1. The van der Waals surface area contributed by atoms with Gasteiger partial charge >= 0.3 is 0 Å². The van der Waals surface area contributed by atoms with Crippen LogP contribution in [0.2, 0.25) is 0 Å². The molecule has 0 rings (SSSR count). The third kappa shape index (κ3) is 5.76. The standard InChI is InChI=1S/C10H20BrN/c1-5-6-7-10(11)9(4)12-8(2)3/h8,10H,5-7H2,1-4H3. The highest BCUT2D eigenvalue weighted by molar-refractivity contribution is 9.10. The second kappa shape index (κ2) is 6.64. The van der Waals surface area contributed by atoms with Crippen molar-refractivity contribution in [1.82, 2.24) is 0 Å². The zero-order valence-electron chi connectivity index (χ0n) is 8.60. The summed E-state index contributed by atoms with van der Waals surface area (Å²) in [5.74, 6) is 0. The Morgan fingerprint density at radius 3 is 2.42 bits per heavy atom. The molecule has 12 heavy (non-hydrogen) atoms. The summed E-state index contributed by atoms with van der Waals surface area (Å²) in [6.07, 6.45) is 3.75. The van der Waals surface area contributed by atoms with Gasteiger partial charge in [-0.3, -0.25) is 4.99 Å². The molecule has 0 fully saturated rings. The van der Waals surface area contributed by atoms with Crippen molar-refractivity contribution in [3.05, 3.63) is 0 Å². The van der Waals surface area contributed by atoms with Crippen molar-refractivity contribution in [1.29, 1.82) is 0 Å². The van der Waals surface area contributed by atoms with Crippen LogP contribution in [0.15, 0.2) is 4.99 Å². The molecule has 72 valence electrons. The van der Waals surface area contributed by atoms with Gasteiger partial charge in [0.2, 0.25) is 0 Å². The molecule has 0 radical (unpaired) electrons. The van der Waals surface area contributed by atoms with Crippen molar-refractivity contribution in [3.63, 3.8) is 0 Å². The maximum absolute atomic E-state index is 4.50. The largest absolute Gasteiger partial charge is 0.291 e. The lowest BCUT2D eigenvalue weighted by Crippen LogP contribution is -2.12. The molecule has 1 atom stereocenters. The van der Waals surface area contributed by atoms with Crippen LogP contribution in [-0.4, -0.2) is 16.6 Å². The molecule has 0 saturated carbocycles. The Hall–Kier alpha value is 0.150. The number of halogens is 1. The number of nitrogens with zero attached hydrogens (tertiary/aromatic N) is 1. The van der Waals surface area contributed by atoms with Crippen LogP contribution in [-0.2, 0) is 0 Å². The number of hydrogen-bond donors (Lipinski definition) is 0. The Morgan fingerprint density at radius 1 is 1.42 bits per heavy atom. The fourth-order valence-corrected chi connectivity index (χ4v) is 1.52. The van der Waals surface area contributed by atoms with Gasteiger partial charge in [0.25, 0.3) is 0 Å². The van der Waals surface area contributed by atoms with Gasteiger partial charge in [-0.25, -0.2) is 0 Å². The van der Waals surface area contributed by atoms with Gasteiger partial charge in [-0.1, -0.05) is 35.7 Å². The quantitative estimate of drug-likeness (QED) is 0.506. The van der Waals surface area contributed by atoms with Crippen molar-refractivity contribution >= 4 is 21.6 Å². The first kappa shape index (κ1) is 12.2. The van der Waals surface area contributed by atoms with Crippen LogP contribution in [0.1, 0.15) is 47.0 Å². The maximum atomic E-state index is 4.50. The molecule has 0 aromatic heterocycles. The molecular weight excluding hydrogens is 214 g/mol. The molecule has 0 heterocycles. The molecule has 0 aliphatic carbocycles. The lowest BCUT2D eigenvalue weighted by molar-refractivity contribution is 0.745. The predicted octanol–water partition coefficient (Wildman–Crippen LogP) is 3.81. The number of alkyl halides is 1. The Labute approximate surface area is 84.8 Å². The van der Waals surface area contributed by atoms with E-state index in [1.807, 2.05) is 0 Å². The predicted molar refractivity (Wildman–Crippen MR) is 60.5 cm³/mol. The zero-order chi connectivity index (χ0) is 9.56. The van der Waals surface area contributed by atoms with E-state index in [0.717, 1.165) is 0 Å². The van der Waals surface area contributed by atoms with Crippen molar-refractivity contribution in [2.75, 3.05) is 0 Å². The Morgan fingerprint density at radius 2 is 2.00 bits per heavy atom. The number of hydrogen-bond acceptors (Lipinski definition) is 1. The summed E-state index contributed by atoms with van der Waals surface area (Å²) in [5.41, 5.74) is 1.23. The summed E-state index contributed by atoms with van der Waals surface area (Å²) < 4.78 is 0. The topological polar surface area (TPSA) is 12.4 Å². The number of unbranched alkanes of at least 4 members (excludes halogenated alkanes) is 1. The second-order valence-corrected chi connectivity index (χ2v) is 4.58. The molecular formula is C10H20BrN. The summed E-state index contributed by atoms with van der Waals surface area (Å²) in [5, 5.41) is 0. The van der Waals surface area contributed by atoms with Crippen molar-refractivity contribution < 1.29 is 0 Å². The van der Waals surface area contributed by atoms with Gasteiger partial charge in [-0.15, -0.1) is 0 Å². The van der Waals surface area contributed by atoms with Gasteiger partial charge in [0.05, 0.1) is 4.83 Å². The van der Waals surface area contributed by atoms with Crippen molar-refractivity contribution in [3.8, 4) is 0 Å². The van der Waals surface area contributed by atoms with Crippen LogP contribution in [0, 0.1) is 0 Å². The van der Waals surface area contributed by atoms with E-state index in [1.165, 1.54) is 25.0 Å². The summed E-state index contributed by atoms with van der Waals surface area (Å²) in [7, 11) is 0. The van der Waals surface area contributed by atoms with E-state index < -0.39 is 0 Å². The van der Waals surface area contributed by atoms with Gasteiger partial charge < -0.3 is 0 Å². The summed E-state index contributed by atoms with van der Waals surface area (Å²) in [4.78, 5) is 4.99. The third-order valence-electron chi connectivity index (χ3n) is 1.73. The normalized spacial score (nSPS) is 15.3. The van der Waals surface area contributed by atoms with Crippen LogP contribution in [0.25, 0.3) is 0 Å². The minimum Gasteiger partial charge on any atom is -0.291 e. The lowest BCUT2D eigenvalue weighted by Gasteiger charge is -2.09. The average molecular weight is 234 g/mol. The molecule has 2 heteroatoms. The van der Waals surface area contributed by atoms with Crippen LogP contribution >= 0.6 is 15.9 Å². The highest BCUT2D eigenvalue weighted by Crippen LogP contribution is 2.12. The van der Waals surface area contributed by atoms with E-state index in [-0.39, 0.29) is 0 Å². The summed E-state index contributed by atoms with van der Waals surface area (Å²) in [6.45, 7) is 8.55. The summed E-state index contributed by atoms with van der Waals surface area (Å²) >= 11 is 3.64. The lowest BCUT2D eigenvalue weighted by atomic mass is 10.1. The molecule has 0 aromatic carbocycles. The second-order valence-electron chi connectivity index (χ2n) is 3.47. The van der Waals surface area contributed by atoms with Crippen molar-refractivity contribution in [2.24, 2.45) is 4.99 Å². The van der Waals surface area contributed by atoms with E-state index in [1.54, 1.807) is 0 Å².